The third-order valence-electron chi connectivity index (χ3n) is 11.6. The molecule has 0 aromatic rings. The molecule has 57 heavy (non-hydrogen) atoms. The summed E-state index contributed by atoms with van der Waals surface area (Å²) in [5.41, 5.74) is 0. The van der Waals surface area contributed by atoms with Crippen molar-refractivity contribution in [1.82, 2.24) is 0 Å². The van der Waals surface area contributed by atoms with Gasteiger partial charge in [-0.3, -0.25) is 14.4 Å². The average molecular weight is 807 g/mol. The predicted octanol–water partition coefficient (Wildman–Crippen LogP) is 16.4. The largest absolute Gasteiger partial charge is 0.462 e. The van der Waals surface area contributed by atoms with E-state index in [1.165, 1.54) is 193 Å². The van der Waals surface area contributed by atoms with Crippen LogP contribution in [-0.2, 0) is 28.6 Å². The van der Waals surface area contributed by atoms with Gasteiger partial charge in [0, 0.05) is 19.3 Å². The van der Waals surface area contributed by atoms with E-state index in [4.69, 9.17) is 14.2 Å². The smallest absolute Gasteiger partial charge is 0.306 e. The van der Waals surface area contributed by atoms with Crippen LogP contribution in [-0.4, -0.2) is 37.2 Å². The molecule has 1 atom stereocenters. The maximum atomic E-state index is 12.8. The Kier molecular flexibility index (Phi) is 45.8. The quantitative estimate of drug-likeness (QED) is 0.0346. The third-order valence-corrected chi connectivity index (χ3v) is 11.6. The second kappa shape index (κ2) is 47.1. The van der Waals surface area contributed by atoms with Gasteiger partial charge in [-0.05, 0) is 19.3 Å². The van der Waals surface area contributed by atoms with E-state index in [0.29, 0.717) is 19.3 Å². The fourth-order valence-electron chi connectivity index (χ4n) is 7.74. The van der Waals surface area contributed by atoms with Crippen molar-refractivity contribution in [2.75, 3.05) is 13.2 Å². The fraction of sp³-hybridized carbons (Fsp3) is 0.941. The van der Waals surface area contributed by atoms with Crippen molar-refractivity contribution in [2.24, 2.45) is 0 Å². The highest BCUT2D eigenvalue weighted by molar-refractivity contribution is 5.71. The molecular weight excluding hydrogens is 709 g/mol. The van der Waals surface area contributed by atoms with Gasteiger partial charge in [0.15, 0.2) is 6.10 Å². The number of unbranched alkanes of at least 4 members (excludes halogenated alkanes) is 36. The van der Waals surface area contributed by atoms with Crippen LogP contribution < -0.4 is 0 Å². The Morgan fingerprint density at radius 1 is 0.281 bits per heavy atom. The van der Waals surface area contributed by atoms with E-state index in [1.807, 2.05) is 0 Å². The van der Waals surface area contributed by atoms with E-state index >= 15 is 0 Å². The van der Waals surface area contributed by atoms with Crippen LogP contribution in [0.3, 0.4) is 0 Å². The Hall–Kier alpha value is -1.59. The third kappa shape index (κ3) is 45.3. The number of hydrogen-bond acceptors (Lipinski definition) is 6. The summed E-state index contributed by atoms with van der Waals surface area (Å²) in [7, 11) is 0. The van der Waals surface area contributed by atoms with Crippen molar-refractivity contribution in [3.05, 3.63) is 0 Å². The standard InChI is InChI=1S/C51H98O6/c1-4-7-10-13-16-19-21-23-25-26-28-30-33-36-39-42-45-51(54)57-48(46-55-49(52)43-40-37-34-31-18-15-12-9-6-3)47-56-50(53)44-41-38-35-32-29-27-24-22-20-17-14-11-8-5-2/h48H,4-47H2,1-3H3/t48-/m1/s1. The lowest BCUT2D eigenvalue weighted by molar-refractivity contribution is -0.167. The summed E-state index contributed by atoms with van der Waals surface area (Å²) in [6.07, 6.45) is 49.4. The van der Waals surface area contributed by atoms with E-state index in [1.54, 1.807) is 0 Å². The Morgan fingerprint density at radius 2 is 0.474 bits per heavy atom. The molecule has 0 saturated carbocycles. The summed E-state index contributed by atoms with van der Waals surface area (Å²) >= 11 is 0. The highest BCUT2D eigenvalue weighted by Crippen LogP contribution is 2.17. The van der Waals surface area contributed by atoms with Crippen LogP contribution in [0.5, 0.6) is 0 Å². The summed E-state index contributed by atoms with van der Waals surface area (Å²) in [5.74, 6) is -0.845. The number of carbonyl (C=O) groups is 3. The average Bonchev–Trinajstić information content (AvgIpc) is 3.21. The first kappa shape index (κ1) is 55.4. The maximum absolute atomic E-state index is 12.8. The monoisotopic (exact) mass is 807 g/mol. The SMILES string of the molecule is CCCCCCCCCCCCCCCCCCC(=O)O[C@H](COC(=O)CCCCCCCCCCC)COC(=O)CCCCCCCCCCCCCCCC. The van der Waals surface area contributed by atoms with Crippen LogP contribution >= 0.6 is 0 Å². The van der Waals surface area contributed by atoms with Crippen molar-refractivity contribution in [3.8, 4) is 0 Å². The van der Waals surface area contributed by atoms with E-state index in [-0.39, 0.29) is 31.1 Å². The zero-order valence-electron chi connectivity index (χ0n) is 38.6. The molecular formula is C51H98O6. The molecule has 0 N–H and O–H groups in total. The Bertz CT molecular complexity index is 844. The summed E-state index contributed by atoms with van der Waals surface area (Å²) in [6, 6.07) is 0. The molecule has 0 heterocycles. The van der Waals surface area contributed by atoms with Gasteiger partial charge in [-0.1, -0.05) is 252 Å². The van der Waals surface area contributed by atoms with Crippen molar-refractivity contribution in [1.29, 1.82) is 0 Å². The molecule has 0 bridgehead atoms. The van der Waals surface area contributed by atoms with Crippen LogP contribution in [0.2, 0.25) is 0 Å². The molecule has 0 rings (SSSR count). The molecule has 0 aliphatic carbocycles. The van der Waals surface area contributed by atoms with Crippen LogP contribution in [0.1, 0.15) is 290 Å². The van der Waals surface area contributed by atoms with Crippen LogP contribution in [0, 0.1) is 0 Å². The molecule has 0 aliphatic rings. The second-order valence-electron chi connectivity index (χ2n) is 17.5. The van der Waals surface area contributed by atoms with Gasteiger partial charge in [0.25, 0.3) is 0 Å². The summed E-state index contributed by atoms with van der Waals surface area (Å²) in [5, 5.41) is 0. The highest BCUT2D eigenvalue weighted by Gasteiger charge is 2.19. The van der Waals surface area contributed by atoms with Crippen molar-refractivity contribution >= 4 is 17.9 Å². The number of esters is 3. The van der Waals surface area contributed by atoms with Crippen molar-refractivity contribution < 1.29 is 28.6 Å². The first-order valence-electron chi connectivity index (χ1n) is 25.5. The van der Waals surface area contributed by atoms with Gasteiger partial charge in [0.2, 0.25) is 0 Å². The number of ether oxygens (including phenoxy) is 3. The first-order valence-corrected chi connectivity index (χ1v) is 25.5. The molecule has 0 amide bonds. The lowest BCUT2D eigenvalue weighted by Gasteiger charge is -2.18. The van der Waals surface area contributed by atoms with Crippen molar-refractivity contribution in [3.63, 3.8) is 0 Å². The number of rotatable bonds is 47. The molecule has 0 aliphatic heterocycles. The predicted molar refractivity (Wildman–Crippen MR) is 243 cm³/mol. The van der Waals surface area contributed by atoms with Gasteiger partial charge in [-0.25, -0.2) is 0 Å². The molecule has 0 radical (unpaired) electrons. The first-order chi connectivity index (χ1) is 28.0. The summed E-state index contributed by atoms with van der Waals surface area (Å²) in [4.78, 5) is 37.8. The summed E-state index contributed by atoms with van der Waals surface area (Å²) < 4.78 is 16.8. The molecule has 0 saturated heterocycles. The van der Waals surface area contributed by atoms with Gasteiger partial charge in [0.05, 0.1) is 0 Å². The molecule has 0 aromatic carbocycles. The molecule has 0 spiro atoms. The van der Waals surface area contributed by atoms with Crippen LogP contribution in [0.15, 0.2) is 0 Å². The van der Waals surface area contributed by atoms with E-state index in [2.05, 4.69) is 20.8 Å². The normalized spacial score (nSPS) is 11.8. The van der Waals surface area contributed by atoms with Gasteiger partial charge in [0.1, 0.15) is 13.2 Å². The fourth-order valence-corrected chi connectivity index (χ4v) is 7.74. The highest BCUT2D eigenvalue weighted by atomic mass is 16.6. The minimum atomic E-state index is -0.758. The molecule has 0 aromatic heterocycles. The zero-order valence-corrected chi connectivity index (χ0v) is 38.6. The molecule has 0 fully saturated rings. The van der Waals surface area contributed by atoms with E-state index in [0.717, 1.165) is 57.8 Å². The number of carbonyl (C=O) groups excluding carboxylic acids is 3. The lowest BCUT2D eigenvalue weighted by Crippen LogP contribution is -2.30. The minimum absolute atomic E-state index is 0.0621. The molecule has 6 heteroatoms. The molecule has 0 unspecified atom stereocenters. The molecule has 6 nitrogen and oxygen atoms in total. The Morgan fingerprint density at radius 3 is 0.702 bits per heavy atom. The second-order valence-corrected chi connectivity index (χ2v) is 17.5. The van der Waals surface area contributed by atoms with Gasteiger partial charge < -0.3 is 14.2 Å². The number of hydrogen-bond donors (Lipinski definition) is 0. The molecule has 338 valence electrons. The lowest BCUT2D eigenvalue weighted by atomic mass is 10.0. The minimum Gasteiger partial charge on any atom is -0.462 e. The topological polar surface area (TPSA) is 78.9 Å². The zero-order chi connectivity index (χ0) is 41.5. The van der Waals surface area contributed by atoms with Crippen molar-refractivity contribution in [2.45, 2.75) is 297 Å². The van der Waals surface area contributed by atoms with Crippen LogP contribution in [0.4, 0.5) is 0 Å². The Balaban J connectivity index is 4.26. The Labute approximate surface area is 355 Å². The summed E-state index contributed by atoms with van der Waals surface area (Å²) in [6.45, 7) is 6.66. The van der Waals surface area contributed by atoms with Crippen LogP contribution in [0.25, 0.3) is 0 Å². The van der Waals surface area contributed by atoms with E-state index in [9.17, 15) is 14.4 Å². The van der Waals surface area contributed by atoms with E-state index < -0.39 is 6.10 Å². The van der Waals surface area contributed by atoms with Gasteiger partial charge in [-0.2, -0.15) is 0 Å². The van der Waals surface area contributed by atoms with Gasteiger partial charge >= 0.3 is 17.9 Å². The maximum Gasteiger partial charge on any atom is 0.306 e. The van der Waals surface area contributed by atoms with Gasteiger partial charge in [-0.15, -0.1) is 0 Å².